The first-order valence-electron chi connectivity index (χ1n) is 8.15. The molecule has 0 aliphatic heterocycles. The summed E-state index contributed by atoms with van der Waals surface area (Å²) in [5.74, 6) is 0. The molecule has 0 radical (unpaired) electrons. The summed E-state index contributed by atoms with van der Waals surface area (Å²) in [4.78, 5) is 8.24. The van der Waals surface area contributed by atoms with Crippen molar-refractivity contribution in [3.05, 3.63) is 23.5 Å². The van der Waals surface area contributed by atoms with Crippen LogP contribution in [0.2, 0.25) is 0 Å². The molecular weight excluding hydrogens is 280 g/mol. The van der Waals surface area contributed by atoms with Crippen molar-refractivity contribution in [2.24, 2.45) is 0 Å². The van der Waals surface area contributed by atoms with Crippen molar-refractivity contribution in [3.8, 4) is 0 Å². The molecule has 1 aliphatic carbocycles. The lowest BCUT2D eigenvalue weighted by atomic mass is 9.94. The van der Waals surface area contributed by atoms with Crippen molar-refractivity contribution in [3.63, 3.8) is 0 Å². The lowest BCUT2D eigenvalue weighted by molar-refractivity contribution is 0.189. The van der Waals surface area contributed by atoms with Crippen molar-refractivity contribution < 1.29 is 0 Å². The Morgan fingerprint density at radius 1 is 1.38 bits per heavy atom. The van der Waals surface area contributed by atoms with Crippen molar-refractivity contribution in [2.75, 3.05) is 20.1 Å². The molecule has 2 heterocycles. The Bertz CT molecular complexity index is 513. The summed E-state index contributed by atoms with van der Waals surface area (Å²) in [6.45, 7) is 3.15. The van der Waals surface area contributed by atoms with E-state index in [2.05, 4.69) is 44.4 Å². The highest BCUT2D eigenvalue weighted by Crippen LogP contribution is 2.21. The minimum atomic E-state index is 0.832. The van der Waals surface area contributed by atoms with Gasteiger partial charge in [0.2, 0.25) is 0 Å². The Kier molecular flexibility index (Phi) is 5.27. The third kappa shape index (κ3) is 4.05. The monoisotopic (exact) mass is 306 g/mol. The Balaban J connectivity index is 1.32. The van der Waals surface area contributed by atoms with Crippen molar-refractivity contribution in [1.29, 1.82) is 0 Å². The van der Waals surface area contributed by atoms with Gasteiger partial charge in [-0.25, -0.2) is 4.98 Å². The van der Waals surface area contributed by atoms with E-state index < -0.39 is 0 Å². The van der Waals surface area contributed by atoms with E-state index in [-0.39, 0.29) is 0 Å². The van der Waals surface area contributed by atoms with Crippen LogP contribution < -0.4 is 5.32 Å². The first-order valence-corrected chi connectivity index (χ1v) is 9.03. The van der Waals surface area contributed by atoms with Crippen LogP contribution in [0.5, 0.6) is 0 Å². The Hall–Kier alpha value is -0.910. The van der Waals surface area contributed by atoms with E-state index in [0.29, 0.717) is 0 Å². The van der Waals surface area contributed by atoms with Gasteiger partial charge in [-0.2, -0.15) is 0 Å². The highest BCUT2D eigenvalue weighted by molar-refractivity contribution is 7.15. The van der Waals surface area contributed by atoms with Gasteiger partial charge in [-0.15, -0.1) is 11.3 Å². The van der Waals surface area contributed by atoms with Crippen LogP contribution in [0, 0.1) is 0 Å². The second kappa shape index (κ2) is 7.38. The molecule has 1 saturated carbocycles. The molecule has 0 bridgehead atoms. The van der Waals surface area contributed by atoms with Gasteiger partial charge in [-0.3, -0.25) is 4.40 Å². The van der Waals surface area contributed by atoms with Crippen LogP contribution in [-0.4, -0.2) is 40.5 Å². The van der Waals surface area contributed by atoms with Gasteiger partial charge in [0.05, 0.1) is 5.69 Å². The second-order valence-electron chi connectivity index (χ2n) is 6.13. The predicted octanol–water partition coefficient (Wildman–Crippen LogP) is 3.14. The first kappa shape index (κ1) is 15.0. The number of imidazole rings is 1. The fourth-order valence-electron chi connectivity index (χ4n) is 3.24. The number of hydrogen-bond acceptors (Lipinski definition) is 4. The molecule has 2 aromatic rings. The zero-order chi connectivity index (χ0) is 14.5. The maximum absolute atomic E-state index is 4.59. The van der Waals surface area contributed by atoms with Crippen LogP contribution >= 0.6 is 11.3 Å². The molecule has 4 nitrogen and oxygen atoms in total. The highest BCUT2D eigenvalue weighted by Gasteiger charge is 2.17. The van der Waals surface area contributed by atoms with Gasteiger partial charge in [-0.1, -0.05) is 19.3 Å². The number of rotatable bonds is 7. The molecule has 0 aromatic carbocycles. The topological polar surface area (TPSA) is 32.6 Å². The summed E-state index contributed by atoms with van der Waals surface area (Å²) in [6, 6.07) is 0.832. The number of aromatic nitrogens is 2. The van der Waals surface area contributed by atoms with Gasteiger partial charge < -0.3 is 10.2 Å². The molecule has 21 heavy (non-hydrogen) atoms. The van der Waals surface area contributed by atoms with Crippen LogP contribution in [0.25, 0.3) is 4.96 Å². The lowest BCUT2D eigenvalue weighted by Crippen LogP contribution is -2.35. The van der Waals surface area contributed by atoms with Crippen LogP contribution in [0.1, 0.15) is 44.2 Å². The van der Waals surface area contributed by atoms with Crippen LogP contribution in [0.15, 0.2) is 17.8 Å². The molecule has 1 fully saturated rings. The molecular formula is C16H26N4S. The van der Waals surface area contributed by atoms with Gasteiger partial charge in [0.25, 0.3) is 0 Å². The summed E-state index contributed by atoms with van der Waals surface area (Å²) in [5.41, 5.74) is 1.14. The van der Waals surface area contributed by atoms with Gasteiger partial charge >= 0.3 is 0 Å². The average Bonchev–Trinajstić information content (AvgIpc) is 3.09. The maximum Gasteiger partial charge on any atom is 0.193 e. The molecule has 0 atom stereocenters. The largest absolute Gasteiger partial charge is 0.311 e. The molecule has 0 saturated heterocycles. The molecule has 1 N–H and O–H groups in total. The minimum absolute atomic E-state index is 0.832. The van der Waals surface area contributed by atoms with Crippen LogP contribution in [0.3, 0.4) is 0 Å². The molecule has 5 heteroatoms. The van der Waals surface area contributed by atoms with E-state index in [4.69, 9.17) is 0 Å². The van der Waals surface area contributed by atoms with E-state index >= 15 is 0 Å². The average molecular weight is 306 g/mol. The van der Waals surface area contributed by atoms with Crippen LogP contribution in [-0.2, 0) is 6.54 Å². The second-order valence-corrected chi connectivity index (χ2v) is 7.00. The maximum atomic E-state index is 4.59. The highest BCUT2D eigenvalue weighted by atomic mass is 32.1. The van der Waals surface area contributed by atoms with Gasteiger partial charge in [0, 0.05) is 30.4 Å². The van der Waals surface area contributed by atoms with E-state index in [1.54, 1.807) is 11.3 Å². The van der Waals surface area contributed by atoms with E-state index in [1.165, 1.54) is 45.1 Å². The summed E-state index contributed by atoms with van der Waals surface area (Å²) >= 11 is 1.69. The van der Waals surface area contributed by atoms with E-state index in [0.717, 1.165) is 29.8 Å². The normalized spacial score (nSPS) is 17.0. The van der Waals surface area contributed by atoms with E-state index in [9.17, 15) is 0 Å². The summed E-state index contributed by atoms with van der Waals surface area (Å²) in [7, 11) is 2.29. The smallest absolute Gasteiger partial charge is 0.193 e. The predicted molar refractivity (Wildman–Crippen MR) is 88.9 cm³/mol. The number of thiazole rings is 1. The zero-order valence-corrected chi connectivity index (χ0v) is 13.7. The number of nitrogens with one attached hydrogen (secondary N) is 1. The minimum Gasteiger partial charge on any atom is -0.311 e. The van der Waals surface area contributed by atoms with E-state index in [1.807, 2.05) is 0 Å². The summed E-state index contributed by atoms with van der Waals surface area (Å²) in [5, 5.41) is 5.58. The Morgan fingerprint density at radius 3 is 3.05 bits per heavy atom. The fourth-order valence-corrected chi connectivity index (χ4v) is 3.95. The van der Waals surface area contributed by atoms with Crippen molar-refractivity contribution >= 4 is 16.3 Å². The number of nitrogens with zero attached hydrogens (tertiary/aromatic N) is 3. The SMILES string of the molecule is CN(CCCNCc1cn2ccsc2n1)C1CCCCC1. The fraction of sp³-hybridized carbons (Fsp3) is 0.688. The van der Waals surface area contributed by atoms with Crippen molar-refractivity contribution in [1.82, 2.24) is 19.6 Å². The lowest BCUT2D eigenvalue weighted by Gasteiger charge is -2.31. The Morgan fingerprint density at radius 2 is 2.24 bits per heavy atom. The van der Waals surface area contributed by atoms with Crippen molar-refractivity contribution in [2.45, 2.75) is 51.1 Å². The standard InChI is InChI=1S/C16H26N4S/c1-19(15-6-3-2-4-7-15)9-5-8-17-12-14-13-20-10-11-21-16(20)18-14/h10-11,13,15,17H,2-9,12H2,1H3. The molecule has 1 aliphatic rings. The zero-order valence-electron chi connectivity index (χ0n) is 12.9. The van der Waals surface area contributed by atoms with Crippen LogP contribution in [0.4, 0.5) is 0 Å². The third-order valence-electron chi connectivity index (χ3n) is 4.51. The molecule has 2 aromatic heterocycles. The first-order chi connectivity index (χ1) is 10.3. The number of fused-ring (bicyclic) bond motifs is 1. The third-order valence-corrected chi connectivity index (χ3v) is 5.28. The van der Waals surface area contributed by atoms with Gasteiger partial charge in [0.15, 0.2) is 4.96 Å². The van der Waals surface area contributed by atoms with Gasteiger partial charge in [-0.05, 0) is 39.4 Å². The molecule has 0 spiro atoms. The quantitative estimate of drug-likeness (QED) is 0.798. The molecule has 0 unspecified atom stereocenters. The molecule has 116 valence electrons. The van der Waals surface area contributed by atoms with Gasteiger partial charge in [0.1, 0.15) is 0 Å². The Labute approximate surface area is 131 Å². The molecule has 3 rings (SSSR count). The molecule has 0 amide bonds. The summed E-state index contributed by atoms with van der Waals surface area (Å²) < 4.78 is 2.10. The number of hydrogen-bond donors (Lipinski definition) is 1. The summed E-state index contributed by atoms with van der Waals surface area (Å²) in [6.07, 6.45) is 12.5.